The van der Waals surface area contributed by atoms with Crippen molar-refractivity contribution in [2.24, 2.45) is 0 Å². The van der Waals surface area contributed by atoms with Crippen molar-refractivity contribution in [1.82, 2.24) is 15.2 Å². The number of hydrogen-bond acceptors (Lipinski definition) is 3. The summed E-state index contributed by atoms with van der Waals surface area (Å²) in [6.07, 6.45) is 5.24. The second kappa shape index (κ2) is 5.98. The zero-order valence-corrected chi connectivity index (χ0v) is 11.6. The third-order valence-electron chi connectivity index (χ3n) is 3.22. The van der Waals surface area contributed by atoms with E-state index in [1.807, 2.05) is 36.4 Å². The number of aromatic nitrogens is 3. The molecule has 0 N–H and O–H groups in total. The van der Waals surface area contributed by atoms with E-state index in [2.05, 4.69) is 40.0 Å². The Hall–Kier alpha value is -2.99. The molecule has 3 rings (SSSR count). The highest BCUT2D eigenvalue weighted by molar-refractivity contribution is 5.69. The van der Waals surface area contributed by atoms with Gasteiger partial charge < -0.3 is 0 Å². The number of benzene rings is 1. The second-order valence-electron chi connectivity index (χ2n) is 4.57. The maximum atomic E-state index is 4.06. The lowest BCUT2D eigenvalue weighted by Gasteiger charge is -2.07. The summed E-state index contributed by atoms with van der Waals surface area (Å²) in [6.45, 7) is 2.08. The molecular weight excluding hydrogens is 258 g/mol. The Morgan fingerprint density at radius 1 is 0.857 bits per heavy atom. The van der Waals surface area contributed by atoms with E-state index in [0.717, 1.165) is 16.7 Å². The first kappa shape index (κ1) is 13.0. The molecule has 3 heteroatoms. The number of rotatable bonds is 1. The minimum absolute atomic E-state index is 0.672. The Morgan fingerprint density at radius 2 is 1.71 bits per heavy atom. The maximum absolute atomic E-state index is 4.06. The predicted octanol–water partition coefficient (Wildman–Crippen LogP) is 3.25. The van der Waals surface area contributed by atoms with Crippen molar-refractivity contribution in [1.29, 1.82) is 0 Å². The van der Waals surface area contributed by atoms with Crippen LogP contribution in [0.5, 0.6) is 0 Å². The summed E-state index contributed by atoms with van der Waals surface area (Å²) in [4.78, 5) is 4.06. The van der Waals surface area contributed by atoms with E-state index in [1.165, 1.54) is 5.56 Å². The molecule has 2 aromatic heterocycles. The molecule has 0 radical (unpaired) electrons. The second-order valence-corrected chi connectivity index (χ2v) is 4.57. The van der Waals surface area contributed by atoms with E-state index in [4.69, 9.17) is 0 Å². The lowest BCUT2D eigenvalue weighted by atomic mass is 9.97. The van der Waals surface area contributed by atoms with Crippen molar-refractivity contribution in [3.63, 3.8) is 0 Å². The van der Waals surface area contributed by atoms with Crippen LogP contribution in [0, 0.1) is 18.8 Å². The van der Waals surface area contributed by atoms with Crippen molar-refractivity contribution in [3.05, 3.63) is 77.9 Å². The Kier molecular flexibility index (Phi) is 3.70. The van der Waals surface area contributed by atoms with Crippen molar-refractivity contribution >= 4 is 0 Å². The molecular formula is C18H13N3. The van der Waals surface area contributed by atoms with Gasteiger partial charge in [0.25, 0.3) is 0 Å². The van der Waals surface area contributed by atoms with Crippen LogP contribution in [0.4, 0.5) is 0 Å². The van der Waals surface area contributed by atoms with Gasteiger partial charge in [0, 0.05) is 24.2 Å². The molecule has 3 nitrogen and oxygen atoms in total. The molecule has 0 saturated carbocycles. The zero-order chi connectivity index (χ0) is 14.5. The average molecular weight is 271 g/mol. The molecule has 0 saturated heterocycles. The van der Waals surface area contributed by atoms with Crippen LogP contribution in [0.1, 0.15) is 16.8 Å². The van der Waals surface area contributed by atoms with Crippen molar-refractivity contribution < 1.29 is 0 Å². The molecule has 100 valence electrons. The third kappa shape index (κ3) is 2.96. The SMILES string of the molecule is Cc1c(C#Cc2cccnn2)cccc1-c1ccncc1. The van der Waals surface area contributed by atoms with Gasteiger partial charge in [0.2, 0.25) is 0 Å². The molecule has 0 bridgehead atoms. The molecule has 0 atom stereocenters. The molecule has 1 aromatic carbocycles. The highest BCUT2D eigenvalue weighted by Gasteiger charge is 2.04. The van der Waals surface area contributed by atoms with E-state index in [9.17, 15) is 0 Å². The van der Waals surface area contributed by atoms with Crippen LogP contribution in [0.3, 0.4) is 0 Å². The number of hydrogen-bond donors (Lipinski definition) is 0. The number of nitrogens with zero attached hydrogens (tertiary/aromatic N) is 3. The highest BCUT2D eigenvalue weighted by atomic mass is 15.1. The smallest absolute Gasteiger partial charge is 0.136 e. The van der Waals surface area contributed by atoms with E-state index >= 15 is 0 Å². The summed E-state index contributed by atoms with van der Waals surface area (Å²) in [5.74, 6) is 6.22. The molecule has 21 heavy (non-hydrogen) atoms. The molecule has 0 fully saturated rings. The molecule has 2 heterocycles. The van der Waals surface area contributed by atoms with Gasteiger partial charge in [-0.1, -0.05) is 18.1 Å². The van der Waals surface area contributed by atoms with Crippen LogP contribution in [-0.4, -0.2) is 15.2 Å². The Balaban J connectivity index is 2.01. The van der Waals surface area contributed by atoms with E-state index in [-0.39, 0.29) is 0 Å². The average Bonchev–Trinajstić information content (AvgIpc) is 2.56. The Morgan fingerprint density at radius 3 is 2.48 bits per heavy atom. The molecule has 0 amide bonds. The topological polar surface area (TPSA) is 38.7 Å². The van der Waals surface area contributed by atoms with Crippen LogP contribution < -0.4 is 0 Å². The van der Waals surface area contributed by atoms with Crippen LogP contribution in [0.25, 0.3) is 11.1 Å². The van der Waals surface area contributed by atoms with E-state index in [1.54, 1.807) is 18.6 Å². The molecule has 0 aliphatic heterocycles. The summed E-state index contributed by atoms with van der Waals surface area (Å²) < 4.78 is 0. The van der Waals surface area contributed by atoms with Crippen molar-refractivity contribution in [3.8, 4) is 23.0 Å². The van der Waals surface area contributed by atoms with Gasteiger partial charge in [-0.05, 0) is 59.9 Å². The van der Waals surface area contributed by atoms with Crippen molar-refractivity contribution in [2.45, 2.75) is 6.92 Å². The minimum atomic E-state index is 0.672. The Labute approximate surface area is 123 Å². The molecule has 0 aliphatic carbocycles. The minimum Gasteiger partial charge on any atom is -0.265 e. The summed E-state index contributed by atoms with van der Waals surface area (Å²) in [7, 11) is 0. The van der Waals surface area contributed by atoms with Gasteiger partial charge >= 0.3 is 0 Å². The normalized spacial score (nSPS) is 9.76. The van der Waals surface area contributed by atoms with Crippen molar-refractivity contribution in [2.75, 3.05) is 0 Å². The van der Waals surface area contributed by atoms with Gasteiger partial charge in [-0.3, -0.25) is 4.98 Å². The van der Waals surface area contributed by atoms with E-state index in [0.29, 0.717) is 5.69 Å². The summed E-state index contributed by atoms with van der Waals surface area (Å²) >= 11 is 0. The van der Waals surface area contributed by atoms with Crippen LogP contribution in [-0.2, 0) is 0 Å². The fourth-order valence-corrected chi connectivity index (χ4v) is 2.11. The van der Waals surface area contributed by atoms with Crippen LogP contribution >= 0.6 is 0 Å². The Bertz CT molecular complexity index is 800. The fraction of sp³-hybridized carbons (Fsp3) is 0.0556. The van der Waals surface area contributed by atoms with Gasteiger partial charge in [-0.15, -0.1) is 5.10 Å². The van der Waals surface area contributed by atoms with Gasteiger partial charge in [-0.25, -0.2) is 0 Å². The first-order chi connectivity index (χ1) is 10.3. The van der Waals surface area contributed by atoms with E-state index < -0.39 is 0 Å². The summed E-state index contributed by atoms with van der Waals surface area (Å²) in [6, 6.07) is 13.8. The quantitative estimate of drug-likeness (QED) is 0.638. The van der Waals surface area contributed by atoms with Gasteiger partial charge in [0.05, 0.1) is 0 Å². The molecule has 0 spiro atoms. The summed E-state index contributed by atoms with van der Waals surface area (Å²) in [5, 5.41) is 7.80. The lowest BCUT2D eigenvalue weighted by Crippen LogP contribution is -1.89. The van der Waals surface area contributed by atoms with Gasteiger partial charge in [0.1, 0.15) is 5.69 Å². The predicted molar refractivity (Wildman–Crippen MR) is 82.4 cm³/mol. The third-order valence-corrected chi connectivity index (χ3v) is 3.22. The fourth-order valence-electron chi connectivity index (χ4n) is 2.11. The van der Waals surface area contributed by atoms with Crippen LogP contribution in [0.15, 0.2) is 61.1 Å². The monoisotopic (exact) mass is 271 g/mol. The van der Waals surface area contributed by atoms with Gasteiger partial charge in [0.15, 0.2) is 0 Å². The first-order valence-corrected chi connectivity index (χ1v) is 6.64. The van der Waals surface area contributed by atoms with Gasteiger partial charge in [-0.2, -0.15) is 5.10 Å². The summed E-state index contributed by atoms with van der Waals surface area (Å²) in [5.41, 5.74) is 5.13. The molecule has 3 aromatic rings. The molecule has 0 unspecified atom stereocenters. The first-order valence-electron chi connectivity index (χ1n) is 6.64. The lowest BCUT2D eigenvalue weighted by molar-refractivity contribution is 1.01. The zero-order valence-electron chi connectivity index (χ0n) is 11.6. The standard InChI is InChI=1S/C18H13N3/c1-14-15(7-8-17-5-3-11-20-21-17)4-2-6-18(14)16-9-12-19-13-10-16/h2-6,9-13H,1H3. The maximum Gasteiger partial charge on any atom is 0.136 e. The number of pyridine rings is 1. The molecule has 0 aliphatic rings. The van der Waals surface area contributed by atoms with Crippen LogP contribution in [0.2, 0.25) is 0 Å². The highest BCUT2D eigenvalue weighted by Crippen LogP contribution is 2.24. The largest absolute Gasteiger partial charge is 0.265 e.